The van der Waals surface area contributed by atoms with Crippen LogP contribution in [0, 0.1) is 5.82 Å². The van der Waals surface area contributed by atoms with E-state index in [0.29, 0.717) is 23.6 Å². The number of benzene rings is 2. The van der Waals surface area contributed by atoms with E-state index in [1.54, 1.807) is 50.4 Å². The zero-order valence-electron chi connectivity index (χ0n) is 13.5. The lowest BCUT2D eigenvalue weighted by molar-refractivity contribution is -0.129. The third-order valence-corrected chi connectivity index (χ3v) is 3.63. The van der Waals surface area contributed by atoms with Crippen LogP contribution in [-0.2, 0) is 17.8 Å². The summed E-state index contributed by atoms with van der Waals surface area (Å²) in [6.07, 6.45) is 0.0294. The molecule has 0 aliphatic heterocycles. The predicted molar refractivity (Wildman–Crippen MR) is 86.1 cm³/mol. The topological polar surface area (TPSA) is 38.8 Å². The van der Waals surface area contributed by atoms with Gasteiger partial charge in [-0.15, -0.1) is 0 Å². The Kier molecular flexibility index (Phi) is 5.57. The van der Waals surface area contributed by atoms with Gasteiger partial charge in [0, 0.05) is 25.2 Å². The molecule has 0 spiro atoms. The van der Waals surface area contributed by atoms with Gasteiger partial charge in [0.1, 0.15) is 17.3 Å². The van der Waals surface area contributed by atoms with Crippen LogP contribution in [0.2, 0.25) is 0 Å². The molecule has 0 aliphatic rings. The van der Waals surface area contributed by atoms with Crippen molar-refractivity contribution in [1.29, 1.82) is 0 Å². The summed E-state index contributed by atoms with van der Waals surface area (Å²) in [6, 6.07) is 11.7. The van der Waals surface area contributed by atoms with E-state index >= 15 is 0 Å². The molecule has 0 saturated carbocycles. The minimum atomic E-state index is -0.365. The second-order valence-electron chi connectivity index (χ2n) is 5.20. The summed E-state index contributed by atoms with van der Waals surface area (Å²) in [4.78, 5) is 13.8. The van der Waals surface area contributed by atoms with Gasteiger partial charge in [0.2, 0.25) is 5.91 Å². The van der Waals surface area contributed by atoms with Crippen molar-refractivity contribution in [3.63, 3.8) is 0 Å². The fraction of sp³-hybridized carbons (Fsp3) is 0.278. The Bertz CT molecular complexity index is 688. The summed E-state index contributed by atoms with van der Waals surface area (Å²) < 4.78 is 24.1. The highest BCUT2D eigenvalue weighted by Gasteiger charge is 2.15. The molecular formula is C18H20FNO3. The van der Waals surface area contributed by atoms with Gasteiger partial charge in [0.15, 0.2) is 0 Å². The maximum absolute atomic E-state index is 13.6. The van der Waals surface area contributed by atoms with Crippen molar-refractivity contribution in [2.45, 2.75) is 13.0 Å². The lowest BCUT2D eigenvalue weighted by atomic mass is 10.1. The number of nitrogens with zero attached hydrogens (tertiary/aromatic N) is 1. The van der Waals surface area contributed by atoms with Gasteiger partial charge >= 0.3 is 0 Å². The van der Waals surface area contributed by atoms with E-state index in [4.69, 9.17) is 9.47 Å². The smallest absolute Gasteiger partial charge is 0.227 e. The molecule has 0 saturated heterocycles. The van der Waals surface area contributed by atoms with Crippen molar-refractivity contribution in [2.24, 2.45) is 0 Å². The van der Waals surface area contributed by atoms with Crippen LogP contribution in [0.3, 0.4) is 0 Å². The van der Waals surface area contributed by atoms with Crippen LogP contribution in [-0.4, -0.2) is 32.1 Å². The number of carbonyl (C=O) groups is 1. The third-order valence-electron chi connectivity index (χ3n) is 3.63. The van der Waals surface area contributed by atoms with Gasteiger partial charge in [-0.25, -0.2) is 4.39 Å². The molecule has 0 aromatic heterocycles. The number of methoxy groups -OCH3 is 2. The Balaban J connectivity index is 2.08. The maximum atomic E-state index is 13.6. The van der Waals surface area contributed by atoms with E-state index < -0.39 is 0 Å². The number of rotatable bonds is 6. The van der Waals surface area contributed by atoms with Gasteiger partial charge in [-0.05, 0) is 23.8 Å². The summed E-state index contributed by atoms with van der Waals surface area (Å²) in [5.41, 5.74) is 1.25. The normalized spacial score (nSPS) is 10.3. The summed E-state index contributed by atoms with van der Waals surface area (Å²) in [5, 5.41) is 0. The Hall–Kier alpha value is -2.56. The summed E-state index contributed by atoms with van der Waals surface area (Å²) in [6.45, 7) is 0.375. The van der Waals surface area contributed by atoms with Crippen LogP contribution in [0.1, 0.15) is 11.1 Å². The first kappa shape index (κ1) is 16.8. The molecule has 0 heterocycles. The summed E-state index contributed by atoms with van der Waals surface area (Å²) >= 11 is 0. The first-order chi connectivity index (χ1) is 11.0. The Labute approximate surface area is 135 Å². The molecule has 0 fully saturated rings. The van der Waals surface area contributed by atoms with Crippen molar-refractivity contribution in [3.8, 4) is 11.5 Å². The maximum Gasteiger partial charge on any atom is 0.227 e. The number of amides is 1. The Morgan fingerprint density at radius 2 is 1.83 bits per heavy atom. The van der Waals surface area contributed by atoms with Gasteiger partial charge in [-0.1, -0.05) is 18.2 Å². The van der Waals surface area contributed by atoms with Crippen LogP contribution in [0.5, 0.6) is 11.5 Å². The molecule has 0 aliphatic carbocycles. The van der Waals surface area contributed by atoms with Gasteiger partial charge < -0.3 is 14.4 Å². The van der Waals surface area contributed by atoms with Gasteiger partial charge in [-0.2, -0.15) is 0 Å². The molecule has 4 nitrogen and oxygen atoms in total. The summed E-state index contributed by atoms with van der Waals surface area (Å²) in [7, 11) is 4.84. The van der Waals surface area contributed by atoms with Crippen LogP contribution in [0.4, 0.5) is 4.39 Å². The highest BCUT2D eigenvalue weighted by Crippen LogP contribution is 2.25. The predicted octanol–water partition coefficient (Wildman–Crippen LogP) is 3.04. The Morgan fingerprint density at radius 3 is 2.48 bits per heavy atom. The molecule has 2 rings (SSSR count). The standard InChI is InChI=1S/C18H20FNO3/c1-20(18(21)10-13-6-4-5-7-16(13)19)12-14-8-9-15(22-2)11-17(14)23-3/h4-9,11H,10,12H2,1-3H3. The van der Waals surface area contributed by atoms with Gasteiger partial charge in [0.05, 0.1) is 20.6 Å². The van der Waals surface area contributed by atoms with Crippen molar-refractivity contribution in [3.05, 3.63) is 59.4 Å². The molecule has 5 heteroatoms. The van der Waals surface area contributed by atoms with E-state index in [0.717, 1.165) is 5.56 Å². The molecule has 0 unspecified atom stereocenters. The average Bonchev–Trinajstić information content (AvgIpc) is 2.57. The first-order valence-electron chi connectivity index (χ1n) is 7.23. The highest BCUT2D eigenvalue weighted by atomic mass is 19.1. The molecule has 23 heavy (non-hydrogen) atoms. The van der Waals surface area contributed by atoms with Gasteiger partial charge in [-0.3, -0.25) is 4.79 Å². The minimum absolute atomic E-state index is 0.0294. The molecule has 122 valence electrons. The van der Waals surface area contributed by atoms with Crippen molar-refractivity contribution in [1.82, 2.24) is 4.90 Å². The zero-order chi connectivity index (χ0) is 16.8. The zero-order valence-corrected chi connectivity index (χ0v) is 13.5. The largest absolute Gasteiger partial charge is 0.497 e. The quantitative estimate of drug-likeness (QED) is 0.822. The second-order valence-corrected chi connectivity index (χ2v) is 5.20. The molecule has 0 N–H and O–H groups in total. The van der Waals surface area contributed by atoms with Crippen LogP contribution < -0.4 is 9.47 Å². The average molecular weight is 317 g/mol. The number of hydrogen-bond donors (Lipinski definition) is 0. The number of hydrogen-bond acceptors (Lipinski definition) is 3. The molecule has 0 bridgehead atoms. The lowest BCUT2D eigenvalue weighted by Crippen LogP contribution is -2.28. The van der Waals surface area contributed by atoms with Gasteiger partial charge in [0.25, 0.3) is 0 Å². The van der Waals surface area contributed by atoms with E-state index in [1.807, 2.05) is 12.1 Å². The van der Waals surface area contributed by atoms with Crippen LogP contribution in [0.25, 0.3) is 0 Å². The molecule has 0 radical (unpaired) electrons. The molecule has 2 aromatic carbocycles. The van der Waals surface area contributed by atoms with Crippen molar-refractivity contribution >= 4 is 5.91 Å². The number of likely N-dealkylation sites (N-methyl/N-ethyl adjacent to an activating group) is 1. The lowest BCUT2D eigenvalue weighted by Gasteiger charge is -2.19. The van der Waals surface area contributed by atoms with Crippen LogP contribution >= 0.6 is 0 Å². The fourth-order valence-electron chi connectivity index (χ4n) is 2.27. The first-order valence-corrected chi connectivity index (χ1v) is 7.23. The van der Waals surface area contributed by atoms with E-state index in [-0.39, 0.29) is 18.1 Å². The SMILES string of the molecule is COc1ccc(CN(C)C(=O)Cc2ccccc2F)c(OC)c1. The minimum Gasteiger partial charge on any atom is -0.497 e. The number of carbonyl (C=O) groups excluding carboxylic acids is 1. The molecular weight excluding hydrogens is 297 g/mol. The summed E-state index contributed by atoms with van der Waals surface area (Å²) in [5.74, 6) is 0.810. The van der Waals surface area contributed by atoms with Crippen molar-refractivity contribution < 1.29 is 18.7 Å². The molecule has 2 aromatic rings. The van der Waals surface area contributed by atoms with Crippen molar-refractivity contribution in [2.75, 3.05) is 21.3 Å². The number of ether oxygens (including phenoxy) is 2. The van der Waals surface area contributed by atoms with E-state index in [9.17, 15) is 9.18 Å². The van der Waals surface area contributed by atoms with Crippen LogP contribution in [0.15, 0.2) is 42.5 Å². The second kappa shape index (κ2) is 7.63. The monoisotopic (exact) mass is 317 g/mol. The highest BCUT2D eigenvalue weighted by molar-refractivity contribution is 5.78. The van der Waals surface area contributed by atoms with E-state index in [1.165, 1.54) is 6.07 Å². The molecule has 1 amide bonds. The third kappa shape index (κ3) is 4.22. The molecule has 0 atom stereocenters. The van der Waals surface area contributed by atoms with E-state index in [2.05, 4.69) is 0 Å². The number of halogens is 1. The fourth-order valence-corrected chi connectivity index (χ4v) is 2.27. The Morgan fingerprint density at radius 1 is 1.09 bits per heavy atom.